The van der Waals surface area contributed by atoms with Crippen molar-refractivity contribution in [2.45, 2.75) is 52.4 Å². The van der Waals surface area contributed by atoms with Crippen molar-refractivity contribution in [1.82, 2.24) is 14.5 Å². The SMILES string of the molecule is CC(C)(C)c1cc(-c2cc(-c3cccc(-c4cc(-c5cccc6c7ccoc7n(-c7ccccc7)c56)ccn4)c3)nc(-c3ccccc3O)c2)cc(C(C)(C)C)c1. The number of para-hydroxylation sites is 3. The van der Waals surface area contributed by atoms with Gasteiger partial charge in [-0.25, -0.2) is 4.98 Å². The number of rotatable bonds is 6. The molecule has 0 amide bonds. The zero-order valence-corrected chi connectivity index (χ0v) is 33.2. The average molecular weight is 744 g/mol. The summed E-state index contributed by atoms with van der Waals surface area (Å²) in [6.45, 7) is 13.6. The third kappa shape index (κ3) is 6.69. The van der Waals surface area contributed by atoms with Gasteiger partial charge in [-0.3, -0.25) is 9.55 Å². The topological polar surface area (TPSA) is 64.1 Å². The molecular formula is C52H45N3O2. The Morgan fingerprint density at radius 2 is 1.14 bits per heavy atom. The number of hydrogen-bond acceptors (Lipinski definition) is 4. The summed E-state index contributed by atoms with van der Waals surface area (Å²) in [5.74, 6) is 0.197. The molecule has 0 saturated heterocycles. The predicted octanol–water partition coefficient (Wildman–Crippen LogP) is 13.8. The normalized spacial score (nSPS) is 12.1. The third-order valence-corrected chi connectivity index (χ3v) is 10.9. The molecule has 0 saturated carbocycles. The zero-order chi connectivity index (χ0) is 39.5. The summed E-state index contributed by atoms with van der Waals surface area (Å²) < 4.78 is 8.29. The van der Waals surface area contributed by atoms with Crippen molar-refractivity contribution < 1.29 is 9.52 Å². The van der Waals surface area contributed by atoms with E-state index in [0.29, 0.717) is 11.3 Å². The highest BCUT2D eigenvalue weighted by Crippen LogP contribution is 2.41. The number of furan rings is 1. The van der Waals surface area contributed by atoms with Gasteiger partial charge in [-0.15, -0.1) is 0 Å². The van der Waals surface area contributed by atoms with Gasteiger partial charge in [0.1, 0.15) is 5.75 Å². The molecule has 5 nitrogen and oxygen atoms in total. The van der Waals surface area contributed by atoms with E-state index in [1.54, 1.807) is 12.3 Å². The minimum absolute atomic E-state index is 0.0384. The molecule has 0 spiro atoms. The standard InChI is InChI=1S/C52H45N3O2/c1-51(2,3)38-27-36(28-39(32-38)52(4,5)6)37-30-46(54-47(31-37)44-18-10-11-21-48(44)56)35-15-12-14-34(26-35)45-29-33(22-24-53-45)41-19-13-20-42-43-23-25-57-50(43)55(49(41)42)40-16-8-7-9-17-40/h7-32,56H,1-6H3. The Labute approximate surface area is 334 Å². The predicted molar refractivity (Wildman–Crippen MR) is 235 cm³/mol. The number of nitrogens with zero attached hydrogens (tertiary/aromatic N) is 3. The van der Waals surface area contributed by atoms with Crippen LogP contribution in [0.1, 0.15) is 52.7 Å². The molecule has 280 valence electrons. The van der Waals surface area contributed by atoms with Crippen LogP contribution in [0.2, 0.25) is 0 Å². The van der Waals surface area contributed by atoms with Crippen LogP contribution in [0.4, 0.5) is 0 Å². The van der Waals surface area contributed by atoms with Crippen molar-refractivity contribution in [3.8, 4) is 67.5 Å². The van der Waals surface area contributed by atoms with Crippen molar-refractivity contribution in [3.63, 3.8) is 0 Å². The van der Waals surface area contributed by atoms with Crippen LogP contribution in [0.25, 0.3) is 83.7 Å². The molecule has 1 N–H and O–H groups in total. The molecule has 9 aromatic rings. The summed E-state index contributed by atoms with van der Waals surface area (Å²) in [5.41, 5.74) is 14.8. The summed E-state index contributed by atoms with van der Waals surface area (Å²) >= 11 is 0. The molecule has 9 rings (SSSR count). The lowest BCUT2D eigenvalue weighted by molar-refractivity contribution is 0.477. The molecule has 0 radical (unpaired) electrons. The molecule has 0 bridgehead atoms. The molecule has 5 heteroatoms. The number of aromatic nitrogens is 3. The first-order valence-electron chi connectivity index (χ1n) is 19.5. The van der Waals surface area contributed by atoms with Gasteiger partial charge in [0.25, 0.3) is 0 Å². The van der Waals surface area contributed by atoms with Crippen molar-refractivity contribution in [2.75, 3.05) is 0 Å². The van der Waals surface area contributed by atoms with E-state index in [2.05, 4.69) is 155 Å². The van der Waals surface area contributed by atoms with Gasteiger partial charge in [-0.2, -0.15) is 0 Å². The second kappa shape index (κ2) is 13.8. The first-order valence-corrected chi connectivity index (χ1v) is 19.5. The number of hydrogen-bond donors (Lipinski definition) is 1. The third-order valence-electron chi connectivity index (χ3n) is 10.9. The van der Waals surface area contributed by atoms with Gasteiger partial charge in [0, 0.05) is 44.9 Å². The highest BCUT2D eigenvalue weighted by atomic mass is 16.3. The van der Waals surface area contributed by atoms with Crippen LogP contribution in [0.5, 0.6) is 5.75 Å². The molecule has 0 aliphatic heterocycles. The lowest BCUT2D eigenvalue weighted by Crippen LogP contribution is -2.16. The molecular weight excluding hydrogens is 699 g/mol. The van der Waals surface area contributed by atoms with Crippen molar-refractivity contribution in [1.29, 1.82) is 0 Å². The van der Waals surface area contributed by atoms with E-state index in [0.717, 1.165) is 72.5 Å². The first-order chi connectivity index (χ1) is 27.4. The number of phenols is 1. The van der Waals surface area contributed by atoms with Gasteiger partial charge >= 0.3 is 0 Å². The molecule has 57 heavy (non-hydrogen) atoms. The van der Waals surface area contributed by atoms with Gasteiger partial charge in [0.05, 0.1) is 28.9 Å². The molecule has 4 aromatic heterocycles. The molecule has 0 atom stereocenters. The number of pyridine rings is 2. The van der Waals surface area contributed by atoms with Crippen molar-refractivity contribution >= 4 is 22.0 Å². The second-order valence-electron chi connectivity index (χ2n) is 17.0. The van der Waals surface area contributed by atoms with Crippen LogP contribution in [0, 0.1) is 0 Å². The van der Waals surface area contributed by atoms with E-state index < -0.39 is 0 Å². The Bertz CT molecular complexity index is 2910. The molecule has 4 heterocycles. The Morgan fingerprint density at radius 3 is 1.88 bits per heavy atom. The Balaban J connectivity index is 1.18. The van der Waals surface area contributed by atoms with Crippen LogP contribution >= 0.6 is 0 Å². The van der Waals surface area contributed by atoms with Crippen LogP contribution in [0.15, 0.2) is 162 Å². The molecule has 0 fully saturated rings. The van der Waals surface area contributed by atoms with Gasteiger partial charge in [-0.05, 0) is 99.3 Å². The maximum Gasteiger partial charge on any atom is 0.212 e. The fraction of sp³-hybridized carbons (Fsp3) is 0.154. The minimum atomic E-state index is -0.0384. The van der Waals surface area contributed by atoms with Crippen molar-refractivity contribution in [3.05, 3.63) is 169 Å². The number of fused-ring (bicyclic) bond motifs is 3. The fourth-order valence-electron chi connectivity index (χ4n) is 7.77. The van der Waals surface area contributed by atoms with Crippen LogP contribution in [-0.4, -0.2) is 19.6 Å². The molecule has 0 aliphatic rings. The minimum Gasteiger partial charge on any atom is -0.507 e. The maximum absolute atomic E-state index is 11.0. The number of benzene rings is 5. The van der Waals surface area contributed by atoms with E-state index in [4.69, 9.17) is 14.4 Å². The number of aromatic hydroxyl groups is 1. The van der Waals surface area contributed by atoms with E-state index in [1.165, 1.54) is 11.1 Å². The van der Waals surface area contributed by atoms with Crippen LogP contribution in [-0.2, 0) is 10.8 Å². The summed E-state index contributed by atoms with van der Waals surface area (Å²) in [4.78, 5) is 10.1. The largest absolute Gasteiger partial charge is 0.507 e. The van der Waals surface area contributed by atoms with Gasteiger partial charge in [-0.1, -0.05) is 126 Å². The van der Waals surface area contributed by atoms with Gasteiger partial charge in [0.2, 0.25) is 5.71 Å². The number of phenolic OH excluding ortho intramolecular Hbond substituents is 1. The van der Waals surface area contributed by atoms with Crippen molar-refractivity contribution in [2.24, 2.45) is 0 Å². The summed E-state index contributed by atoms with van der Waals surface area (Å²) in [5, 5.41) is 13.2. The van der Waals surface area contributed by atoms with E-state index in [-0.39, 0.29) is 16.6 Å². The monoisotopic (exact) mass is 743 g/mol. The van der Waals surface area contributed by atoms with Gasteiger partial charge in [0.15, 0.2) is 0 Å². The summed E-state index contributed by atoms with van der Waals surface area (Å²) in [6.07, 6.45) is 3.65. The lowest BCUT2D eigenvalue weighted by atomic mass is 9.79. The van der Waals surface area contributed by atoms with E-state index >= 15 is 0 Å². The molecule has 5 aromatic carbocycles. The smallest absolute Gasteiger partial charge is 0.212 e. The average Bonchev–Trinajstić information content (AvgIpc) is 3.82. The fourth-order valence-corrected chi connectivity index (χ4v) is 7.77. The summed E-state index contributed by atoms with van der Waals surface area (Å²) in [6, 6.07) is 50.2. The van der Waals surface area contributed by atoms with Crippen LogP contribution in [0.3, 0.4) is 0 Å². The van der Waals surface area contributed by atoms with Gasteiger partial charge < -0.3 is 9.52 Å². The summed E-state index contributed by atoms with van der Waals surface area (Å²) in [7, 11) is 0. The zero-order valence-electron chi connectivity index (χ0n) is 33.2. The molecule has 0 aliphatic carbocycles. The highest BCUT2D eigenvalue weighted by Gasteiger charge is 2.23. The molecule has 0 unspecified atom stereocenters. The van der Waals surface area contributed by atoms with Crippen LogP contribution < -0.4 is 0 Å². The maximum atomic E-state index is 11.0. The lowest BCUT2D eigenvalue weighted by Gasteiger charge is -2.26. The Hall–Kier alpha value is -6.72. The first kappa shape index (κ1) is 35.9. The van der Waals surface area contributed by atoms with E-state index in [1.807, 2.05) is 36.5 Å². The van der Waals surface area contributed by atoms with E-state index in [9.17, 15) is 5.11 Å². The quantitative estimate of drug-likeness (QED) is 0.184. The second-order valence-corrected chi connectivity index (χ2v) is 17.0. The highest BCUT2D eigenvalue weighted by molar-refractivity contribution is 6.12. The Kier molecular flexibility index (Phi) is 8.70. The Morgan fingerprint density at radius 1 is 0.509 bits per heavy atom.